The maximum atomic E-state index is 6.19. The number of thiophene rings is 1. The molecular weight excluding hydrogens is 581 g/mol. The zero-order valence-corrected chi connectivity index (χ0v) is 25.4. The van der Waals surface area contributed by atoms with Gasteiger partial charge in [-0.1, -0.05) is 109 Å². The van der Waals surface area contributed by atoms with Gasteiger partial charge in [0.05, 0.1) is 11.9 Å². The molecule has 4 heteroatoms. The number of hydrogen-bond donors (Lipinski definition) is 0. The molecule has 0 fully saturated rings. The number of rotatable bonds is 3. The standard InChI is InChI=1S/C42H24N2OS/c1-2-12-29-26(9-1)22-35(32-14-4-3-13-31(29)32)27-19-20-38-36(23-27)40-42(45-38)43-24-37(44-40)28-11-7-10-25(21-28)30-16-8-17-34-33-15-5-6-18-39(33)46-41(30)34/h1-24H. The molecule has 0 N–H and O–H groups in total. The fourth-order valence-corrected chi connectivity index (χ4v) is 8.19. The Morgan fingerprint density at radius 2 is 1.24 bits per heavy atom. The Hall–Kier alpha value is -5.84. The van der Waals surface area contributed by atoms with Gasteiger partial charge in [-0.3, -0.25) is 0 Å². The summed E-state index contributed by atoms with van der Waals surface area (Å²) in [6.07, 6.45) is 1.82. The molecule has 0 bridgehead atoms. The molecule has 214 valence electrons. The van der Waals surface area contributed by atoms with E-state index in [9.17, 15) is 0 Å². The average molecular weight is 605 g/mol. The van der Waals surface area contributed by atoms with Crippen molar-refractivity contribution in [2.75, 3.05) is 0 Å². The summed E-state index contributed by atoms with van der Waals surface area (Å²) in [6, 6.07) is 49.8. The predicted octanol–water partition coefficient (Wildman–Crippen LogP) is 12.1. The first-order valence-electron chi connectivity index (χ1n) is 15.4. The number of furan rings is 1. The molecule has 0 saturated carbocycles. The molecule has 0 atom stereocenters. The zero-order valence-electron chi connectivity index (χ0n) is 24.6. The molecule has 0 aliphatic carbocycles. The highest BCUT2D eigenvalue weighted by Gasteiger charge is 2.16. The van der Waals surface area contributed by atoms with Crippen molar-refractivity contribution >= 4 is 75.3 Å². The second-order valence-electron chi connectivity index (χ2n) is 11.8. The van der Waals surface area contributed by atoms with Gasteiger partial charge in [-0.25, -0.2) is 9.97 Å². The van der Waals surface area contributed by atoms with E-state index in [0.29, 0.717) is 5.71 Å². The Labute approximate surface area is 268 Å². The van der Waals surface area contributed by atoms with E-state index in [2.05, 4.69) is 133 Å². The first-order chi connectivity index (χ1) is 22.8. The molecule has 0 amide bonds. The molecule has 0 radical (unpaired) electrons. The highest BCUT2D eigenvalue weighted by Crippen LogP contribution is 2.41. The van der Waals surface area contributed by atoms with Crippen LogP contribution in [0.3, 0.4) is 0 Å². The van der Waals surface area contributed by atoms with Crippen molar-refractivity contribution < 1.29 is 4.42 Å². The number of hydrogen-bond acceptors (Lipinski definition) is 4. The van der Waals surface area contributed by atoms with Crippen molar-refractivity contribution in [3.63, 3.8) is 0 Å². The average Bonchev–Trinajstić information content (AvgIpc) is 3.69. The van der Waals surface area contributed by atoms with Crippen LogP contribution in [0.1, 0.15) is 0 Å². The third-order valence-corrected chi connectivity index (χ3v) is 10.4. The van der Waals surface area contributed by atoms with Gasteiger partial charge in [-0.05, 0) is 74.1 Å². The Kier molecular flexibility index (Phi) is 5.45. The molecule has 3 aromatic heterocycles. The Morgan fingerprint density at radius 3 is 2.17 bits per heavy atom. The van der Waals surface area contributed by atoms with Crippen LogP contribution >= 0.6 is 11.3 Å². The SMILES string of the molecule is c1cc(-c2cnc3oc4ccc(-c5cc6ccccc6c6ccccc56)cc4c3n2)cc(-c2cccc3c2sc2ccccc23)c1. The van der Waals surface area contributed by atoms with Crippen LogP contribution in [-0.4, -0.2) is 9.97 Å². The maximum absolute atomic E-state index is 6.19. The van der Waals surface area contributed by atoms with Gasteiger partial charge in [0, 0.05) is 31.1 Å². The fourth-order valence-electron chi connectivity index (χ4n) is 6.96. The molecular formula is C42H24N2OS. The summed E-state index contributed by atoms with van der Waals surface area (Å²) >= 11 is 1.85. The summed E-state index contributed by atoms with van der Waals surface area (Å²) in [6.45, 7) is 0. The van der Waals surface area contributed by atoms with Crippen molar-refractivity contribution in [2.45, 2.75) is 0 Å². The number of nitrogens with zero attached hydrogens (tertiary/aromatic N) is 2. The van der Waals surface area contributed by atoms with Crippen molar-refractivity contribution in [3.8, 4) is 33.5 Å². The van der Waals surface area contributed by atoms with Crippen molar-refractivity contribution in [1.29, 1.82) is 0 Å². The minimum Gasteiger partial charge on any atom is -0.436 e. The molecule has 10 aromatic rings. The van der Waals surface area contributed by atoms with Crippen molar-refractivity contribution in [2.24, 2.45) is 0 Å². The molecule has 10 rings (SSSR count). The summed E-state index contributed by atoms with van der Waals surface area (Å²) in [7, 11) is 0. The molecule has 0 spiro atoms. The fraction of sp³-hybridized carbons (Fsp3) is 0. The van der Waals surface area contributed by atoms with Crippen LogP contribution in [0.15, 0.2) is 150 Å². The van der Waals surface area contributed by atoms with E-state index in [1.54, 1.807) is 0 Å². The van der Waals surface area contributed by atoms with Crippen LogP contribution in [0.5, 0.6) is 0 Å². The highest BCUT2D eigenvalue weighted by atomic mass is 32.1. The van der Waals surface area contributed by atoms with Gasteiger partial charge in [-0.15, -0.1) is 11.3 Å². The summed E-state index contributed by atoms with van der Waals surface area (Å²) in [5.74, 6) is 0. The first kappa shape index (κ1) is 25.5. The predicted molar refractivity (Wildman–Crippen MR) is 194 cm³/mol. The third kappa shape index (κ3) is 3.84. The van der Waals surface area contributed by atoms with E-state index in [0.717, 1.165) is 33.3 Å². The van der Waals surface area contributed by atoms with Crippen molar-refractivity contribution in [1.82, 2.24) is 9.97 Å². The first-order valence-corrected chi connectivity index (χ1v) is 16.2. The normalized spacial score (nSPS) is 11.9. The summed E-state index contributed by atoms with van der Waals surface area (Å²) < 4.78 is 8.80. The molecule has 3 nitrogen and oxygen atoms in total. The second kappa shape index (κ2) is 9.83. The van der Waals surface area contributed by atoms with Gasteiger partial charge in [0.15, 0.2) is 0 Å². The minimum atomic E-state index is 0.547. The number of aromatic nitrogens is 2. The zero-order chi connectivity index (χ0) is 30.2. The second-order valence-corrected chi connectivity index (χ2v) is 12.8. The Morgan fingerprint density at radius 1 is 0.500 bits per heavy atom. The van der Waals surface area contributed by atoms with Gasteiger partial charge in [0.25, 0.3) is 0 Å². The van der Waals surface area contributed by atoms with Crippen LogP contribution < -0.4 is 0 Å². The smallest absolute Gasteiger partial charge is 0.246 e. The Balaban J connectivity index is 1.12. The van der Waals surface area contributed by atoms with E-state index < -0.39 is 0 Å². The van der Waals surface area contributed by atoms with Crippen LogP contribution in [0.25, 0.3) is 97.4 Å². The third-order valence-electron chi connectivity index (χ3n) is 9.13. The van der Waals surface area contributed by atoms with Gasteiger partial charge in [0.1, 0.15) is 11.1 Å². The van der Waals surface area contributed by atoms with Crippen LogP contribution in [0, 0.1) is 0 Å². The largest absolute Gasteiger partial charge is 0.436 e. The van der Waals surface area contributed by atoms with E-state index in [1.165, 1.54) is 58.4 Å². The van der Waals surface area contributed by atoms with Crippen LogP contribution in [-0.2, 0) is 0 Å². The van der Waals surface area contributed by atoms with Crippen LogP contribution in [0.4, 0.5) is 0 Å². The molecule has 0 aliphatic heterocycles. The van der Waals surface area contributed by atoms with Crippen molar-refractivity contribution in [3.05, 3.63) is 146 Å². The lowest BCUT2D eigenvalue weighted by Gasteiger charge is -2.11. The summed E-state index contributed by atoms with van der Waals surface area (Å²) in [4.78, 5) is 9.90. The number of benzene rings is 7. The lowest BCUT2D eigenvalue weighted by molar-refractivity contribution is 0.653. The monoisotopic (exact) mass is 604 g/mol. The van der Waals surface area contributed by atoms with E-state index in [1.807, 2.05) is 23.6 Å². The van der Waals surface area contributed by atoms with E-state index in [-0.39, 0.29) is 0 Å². The maximum Gasteiger partial charge on any atom is 0.246 e. The molecule has 7 aromatic carbocycles. The molecule has 3 heterocycles. The minimum absolute atomic E-state index is 0.547. The molecule has 46 heavy (non-hydrogen) atoms. The lowest BCUT2D eigenvalue weighted by Crippen LogP contribution is -1.88. The quantitative estimate of drug-likeness (QED) is 0.188. The van der Waals surface area contributed by atoms with E-state index >= 15 is 0 Å². The molecule has 0 saturated heterocycles. The Bertz CT molecular complexity index is 2830. The summed E-state index contributed by atoms with van der Waals surface area (Å²) in [5, 5.41) is 8.53. The van der Waals surface area contributed by atoms with Crippen LogP contribution in [0.2, 0.25) is 0 Å². The van der Waals surface area contributed by atoms with E-state index in [4.69, 9.17) is 14.4 Å². The topological polar surface area (TPSA) is 38.9 Å². The van der Waals surface area contributed by atoms with Gasteiger partial charge < -0.3 is 4.42 Å². The lowest BCUT2D eigenvalue weighted by atomic mass is 9.93. The van der Waals surface area contributed by atoms with Gasteiger partial charge >= 0.3 is 0 Å². The highest BCUT2D eigenvalue weighted by molar-refractivity contribution is 7.26. The number of fused-ring (bicyclic) bond motifs is 9. The van der Waals surface area contributed by atoms with Gasteiger partial charge in [-0.2, -0.15) is 0 Å². The summed E-state index contributed by atoms with van der Waals surface area (Å²) in [5.41, 5.74) is 8.67. The van der Waals surface area contributed by atoms with Gasteiger partial charge in [0.2, 0.25) is 5.71 Å². The molecule has 0 unspecified atom stereocenters. The molecule has 0 aliphatic rings.